The number of fused-ring (bicyclic) bond motifs is 3. The molecular weight excluding hydrogens is 791 g/mol. The Morgan fingerprint density at radius 2 is 1.39 bits per heavy atom. The smallest absolute Gasteiger partial charge is 0.487 e. The van der Waals surface area contributed by atoms with Crippen LogP contribution in [0.3, 0.4) is 0 Å². The fraction of sp³-hybridized carbons (Fsp3) is 0.317. The Labute approximate surface area is 331 Å². The molecule has 0 bridgehead atoms. The predicted octanol–water partition coefficient (Wildman–Crippen LogP) is 8.26. The van der Waals surface area contributed by atoms with E-state index in [1.807, 2.05) is 60.7 Å². The molecule has 0 saturated carbocycles. The number of hydrogen-bond donors (Lipinski definition) is 2. The molecule has 298 valence electrons. The number of allylic oxidation sites excluding steroid dienone is 1. The van der Waals surface area contributed by atoms with Gasteiger partial charge in [0.25, 0.3) is 8.32 Å². The molecule has 16 heteroatoms. The van der Waals surface area contributed by atoms with Crippen LogP contribution >= 0.6 is 11.6 Å². The lowest BCUT2D eigenvalue weighted by atomic mass is 9.55. The van der Waals surface area contributed by atoms with Gasteiger partial charge >= 0.3 is 19.5 Å². The molecule has 0 unspecified atom stereocenters. The molecule has 2 heterocycles. The van der Waals surface area contributed by atoms with Gasteiger partial charge in [0, 0.05) is 5.02 Å². The molecule has 7 rings (SSSR count). The lowest BCUT2D eigenvalue weighted by molar-refractivity contribution is -0.143. The van der Waals surface area contributed by atoms with Crippen LogP contribution in [0.15, 0.2) is 108 Å². The fourth-order valence-corrected chi connectivity index (χ4v) is 13.6. The summed E-state index contributed by atoms with van der Waals surface area (Å²) in [6.07, 6.45) is -11.7. The summed E-state index contributed by atoms with van der Waals surface area (Å²) in [5.41, 5.74) is -3.18. The van der Waals surface area contributed by atoms with Gasteiger partial charge in [-0.2, -0.15) is 26.3 Å². The van der Waals surface area contributed by atoms with E-state index in [1.165, 1.54) is 18.2 Å². The maximum absolute atomic E-state index is 14.4. The van der Waals surface area contributed by atoms with E-state index in [9.17, 15) is 46.1 Å². The molecule has 3 aliphatic rings. The summed E-state index contributed by atoms with van der Waals surface area (Å²) in [5.74, 6) is -5.61. The van der Waals surface area contributed by atoms with Gasteiger partial charge in [-0.3, -0.25) is 9.59 Å². The lowest BCUT2D eigenvalue weighted by Gasteiger charge is -2.45. The highest BCUT2D eigenvalue weighted by Gasteiger charge is 2.59. The van der Waals surface area contributed by atoms with Gasteiger partial charge in [-0.25, -0.2) is 4.90 Å². The van der Waals surface area contributed by atoms with E-state index in [-0.39, 0.29) is 41.8 Å². The van der Waals surface area contributed by atoms with Gasteiger partial charge < -0.3 is 19.2 Å². The highest BCUT2D eigenvalue weighted by molar-refractivity contribution is 6.99. The summed E-state index contributed by atoms with van der Waals surface area (Å²) in [7, 11) is -4.91. The van der Waals surface area contributed by atoms with Crippen molar-refractivity contribution in [3.63, 3.8) is 0 Å². The topological polar surface area (TPSA) is 96.3 Å². The SMILES string of the molecule is CC(C)(C)[Si](OCC1=C2B(O)O[C@H](c3ccc(O)cc3Cl)C[C@H]2[C@H]2C(=O)N(c3cc(C(F)(F)F)cc(C(F)(F)F)c3)C(=O)[C@H]2C1)(c1ccccc1)c1ccccc1. The van der Waals surface area contributed by atoms with Crippen LogP contribution in [0.4, 0.5) is 32.0 Å². The number of alkyl halides is 6. The third kappa shape index (κ3) is 7.33. The summed E-state index contributed by atoms with van der Waals surface area (Å²) in [4.78, 5) is 29.2. The first-order valence-electron chi connectivity index (χ1n) is 18.2. The number of rotatable bonds is 7. The Balaban J connectivity index is 1.35. The zero-order valence-electron chi connectivity index (χ0n) is 30.9. The van der Waals surface area contributed by atoms with Crippen LogP contribution in [0, 0.1) is 17.8 Å². The van der Waals surface area contributed by atoms with Crippen LogP contribution in [0.1, 0.15) is 56.4 Å². The zero-order chi connectivity index (χ0) is 41.2. The van der Waals surface area contributed by atoms with Crippen molar-refractivity contribution in [2.24, 2.45) is 17.8 Å². The number of imide groups is 1. The minimum Gasteiger partial charge on any atom is -0.508 e. The average Bonchev–Trinajstić information content (AvgIpc) is 3.39. The standard InChI is InChI=1S/C41H37BClF6NO6Si/c1-39(2,3)57(28-10-6-4-7-11-28,29-12-8-5-9-13-29)55-22-23-16-32-35(31-21-34(56-42(54)36(23)31)30-15-14-27(51)20-33(30)43)38(53)50(37(32)52)26-18-24(40(44,45)46)17-25(19-26)41(47,48)49/h4-15,17-20,31-32,34-35,51,54H,16,21-22H2,1-3H3/t31-,32-,34-,35+/m0/s1. The number of carbonyl (C=O) groups excluding carboxylic acids is 2. The van der Waals surface area contributed by atoms with Crippen molar-refractivity contribution in [1.82, 2.24) is 0 Å². The monoisotopic (exact) mass is 827 g/mol. The highest BCUT2D eigenvalue weighted by Crippen LogP contribution is 2.53. The van der Waals surface area contributed by atoms with Crippen LogP contribution < -0.4 is 15.3 Å². The Kier molecular flexibility index (Phi) is 10.6. The van der Waals surface area contributed by atoms with Gasteiger partial charge in [-0.05, 0) is 81.1 Å². The molecule has 2 saturated heterocycles. The Morgan fingerprint density at radius 1 is 0.825 bits per heavy atom. The van der Waals surface area contributed by atoms with Crippen LogP contribution in [0.2, 0.25) is 10.1 Å². The number of amides is 2. The van der Waals surface area contributed by atoms with Crippen molar-refractivity contribution in [2.75, 3.05) is 11.5 Å². The molecule has 0 radical (unpaired) electrons. The summed E-state index contributed by atoms with van der Waals surface area (Å²) >= 11 is 6.48. The Morgan fingerprint density at radius 3 is 1.89 bits per heavy atom. The fourth-order valence-electron chi connectivity index (χ4n) is 8.80. The maximum Gasteiger partial charge on any atom is 0.487 e. The van der Waals surface area contributed by atoms with Crippen molar-refractivity contribution in [3.8, 4) is 5.75 Å². The van der Waals surface area contributed by atoms with E-state index in [0.29, 0.717) is 28.2 Å². The zero-order valence-corrected chi connectivity index (χ0v) is 32.6. The number of anilines is 1. The number of phenolic OH excluding ortho intramolecular Hbond substituents is 1. The van der Waals surface area contributed by atoms with Crippen LogP contribution in [0.25, 0.3) is 0 Å². The van der Waals surface area contributed by atoms with Crippen molar-refractivity contribution in [1.29, 1.82) is 0 Å². The minimum absolute atomic E-state index is 0.0516. The number of aromatic hydroxyl groups is 1. The van der Waals surface area contributed by atoms with Gasteiger partial charge in [0.2, 0.25) is 11.8 Å². The molecular formula is C41H37BClF6NO6Si. The van der Waals surface area contributed by atoms with Gasteiger partial charge in [0.15, 0.2) is 0 Å². The first kappa shape index (κ1) is 40.8. The van der Waals surface area contributed by atoms with Crippen molar-refractivity contribution in [2.45, 2.75) is 57.1 Å². The third-order valence-corrected chi connectivity index (χ3v) is 16.6. The van der Waals surface area contributed by atoms with Crippen LogP contribution in [0.5, 0.6) is 5.75 Å². The van der Waals surface area contributed by atoms with Crippen molar-refractivity contribution < 1.29 is 55.1 Å². The first-order valence-corrected chi connectivity index (χ1v) is 20.5. The van der Waals surface area contributed by atoms with Gasteiger partial charge in [0.1, 0.15) is 5.75 Å². The van der Waals surface area contributed by atoms with E-state index in [4.69, 9.17) is 20.7 Å². The molecule has 0 spiro atoms. The minimum atomic E-state index is -5.23. The number of nitrogens with zero attached hydrogens (tertiary/aromatic N) is 1. The molecule has 4 aromatic carbocycles. The van der Waals surface area contributed by atoms with Gasteiger partial charge in [-0.15, -0.1) is 0 Å². The molecule has 4 aromatic rings. The second-order valence-corrected chi connectivity index (χ2v) is 20.4. The maximum atomic E-state index is 14.4. The average molecular weight is 828 g/mol. The van der Waals surface area contributed by atoms with Gasteiger partial charge in [-0.1, -0.05) is 99.1 Å². The summed E-state index contributed by atoms with van der Waals surface area (Å²) in [5, 5.41) is 23.3. The number of benzene rings is 4. The van der Waals surface area contributed by atoms with E-state index in [1.54, 1.807) is 0 Å². The molecule has 2 fully saturated rings. The normalized spacial score (nSPS) is 21.9. The van der Waals surface area contributed by atoms with Crippen molar-refractivity contribution >= 4 is 54.9 Å². The molecule has 2 N–H and O–H groups in total. The Hall–Kier alpha value is -4.41. The lowest BCUT2D eigenvalue weighted by Crippen LogP contribution is -2.66. The summed E-state index contributed by atoms with van der Waals surface area (Å²) < 4.78 is 97.1. The van der Waals surface area contributed by atoms with E-state index >= 15 is 0 Å². The molecule has 7 nitrogen and oxygen atoms in total. The van der Waals surface area contributed by atoms with E-state index < -0.39 is 85.3 Å². The summed E-state index contributed by atoms with van der Waals surface area (Å²) in [6, 6.07) is 24.1. The van der Waals surface area contributed by atoms with Crippen LogP contribution in [-0.4, -0.2) is 44.0 Å². The quantitative estimate of drug-likeness (QED) is 0.111. The molecule has 1 aliphatic carbocycles. The number of carbonyl (C=O) groups is 2. The first-order chi connectivity index (χ1) is 26.7. The number of halogens is 7. The number of hydrogen-bond acceptors (Lipinski definition) is 6. The molecule has 2 aliphatic heterocycles. The predicted molar refractivity (Wildman–Crippen MR) is 204 cm³/mol. The van der Waals surface area contributed by atoms with Crippen molar-refractivity contribution in [3.05, 3.63) is 130 Å². The Bertz CT molecular complexity index is 2160. The summed E-state index contributed by atoms with van der Waals surface area (Å²) in [6.45, 7) is 6.03. The largest absolute Gasteiger partial charge is 0.508 e. The molecule has 2 amide bonds. The van der Waals surface area contributed by atoms with Crippen LogP contribution in [-0.2, 0) is 31.0 Å². The molecule has 4 atom stereocenters. The second kappa shape index (κ2) is 14.8. The third-order valence-electron chi connectivity index (χ3n) is 11.3. The van der Waals surface area contributed by atoms with E-state index in [0.717, 1.165) is 10.4 Å². The number of phenols is 1. The highest BCUT2D eigenvalue weighted by atomic mass is 35.5. The van der Waals surface area contributed by atoms with E-state index in [2.05, 4.69) is 20.8 Å². The van der Waals surface area contributed by atoms with Gasteiger partial charge in [0.05, 0.1) is 41.4 Å². The molecule has 57 heavy (non-hydrogen) atoms. The second-order valence-electron chi connectivity index (χ2n) is 15.6. The molecule has 0 aromatic heterocycles.